The zero-order valence-electron chi connectivity index (χ0n) is 7.28. The Hall–Kier alpha value is -2.03. The van der Waals surface area contributed by atoms with Gasteiger partial charge in [0.05, 0.1) is 11.8 Å². The smallest absolute Gasteiger partial charge is 0.291 e. The van der Waals surface area contributed by atoms with Crippen molar-refractivity contribution in [3.63, 3.8) is 0 Å². The Bertz CT molecular complexity index is 548. The molecule has 0 unspecified atom stereocenters. The molecule has 2 aromatic heterocycles. The molecule has 0 amide bonds. The average molecular weight is 211 g/mol. The summed E-state index contributed by atoms with van der Waals surface area (Å²) >= 11 is 0. The lowest BCUT2D eigenvalue weighted by atomic mass is 10.2. The van der Waals surface area contributed by atoms with Crippen molar-refractivity contribution in [3.8, 4) is 6.07 Å². The van der Waals surface area contributed by atoms with E-state index < -0.39 is 11.7 Å². The second kappa shape index (κ2) is 2.98. The molecule has 0 radical (unpaired) electrons. The standard InChI is InChI=1S/C9H4F3N3/c10-9(11,12)7-2-1-3-15-6(4-13)5-14-8(7)15/h1-3,5H. The molecule has 2 aromatic rings. The Morgan fingerprint density at radius 2 is 2.13 bits per heavy atom. The molecule has 3 nitrogen and oxygen atoms in total. The summed E-state index contributed by atoms with van der Waals surface area (Å²) < 4.78 is 38.6. The molecule has 2 heterocycles. The van der Waals surface area contributed by atoms with E-state index in [1.165, 1.54) is 12.3 Å². The number of fused-ring (bicyclic) bond motifs is 1. The van der Waals surface area contributed by atoms with Crippen LogP contribution in [0.5, 0.6) is 0 Å². The summed E-state index contributed by atoms with van der Waals surface area (Å²) in [6.45, 7) is 0. The second-order valence-electron chi connectivity index (χ2n) is 2.87. The third kappa shape index (κ3) is 1.42. The molecule has 15 heavy (non-hydrogen) atoms. The molecule has 0 N–H and O–H groups in total. The van der Waals surface area contributed by atoms with Crippen LogP contribution in [-0.2, 0) is 6.18 Å². The minimum Gasteiger partial charge on any atom is -0.291 e. The Labute approximate surface area is 82.4 Å². The summed E-state index contributed by atoms with van der Waals surface area (Å²) in [5.41, 5.74) is -1.01. The van der Waals surface area contributed by atoms with Gasteiger partial charge in [0.15, 0.2) is 0 Å². The summed E-state index contributed by atoms with van der Waals surface area (Å²) in [5.74, 6) is 0. The van der Waals surface area contributed by atoms with Crippen molar-refractivity contribution in [2.45, 2.75) is 6.18 Å². The highest BCUT2D eigenvalue weighted by Crippen LogP contribution is 2.31. The minimum absolute atomic E-state index is 0.0797. The Morgan fingerprint density at radius 1 is 1.40 bits per heavy atom. The molecule has 0 aliphatic carbocycles. The second-order valence-corrected chi connectivity index (χ2v) is 2.87. The number of alkyl halides is 3. The maximum Gasteiger partial charge on any atom is 0.419 e. The predicted molar refractivity (Wildman–Crippen MR) is 44.9 cm³/mol. The average Bonchev–Trinajstić information content (AvgIpc) is 2.58. The molecule has 2 rings (SSSR count). The molecule has 0 aliphatic heterocycles. The van der Waals surface area contributed by atoms with Gasteiger partial charge in [-0.05, 0) is 12.1 Å². The van der Waals surface area contributed by atoms with Gasteiger partial charge in [0.1, 0.15) is 17.4 Å². The fourth-order valence-electron chi connectivity index (χ4n) is 1.31. The van der Waals surface area contributed by atoms with Crippen molar-refractivity contribution < 1.29 is 13.2 Å². The van der Waals surface area contributed by atoms with Gasteiger partial charge < -0.3 is 0 Å². The van der Waals surface area contributed by atoms with Crippen LogP contribution in [0, 0.1) is 11.3 Å². The largest absolute Gasteiger partial charge is 0.419 e. The minimum atomic E-state index is -4.46. The van der Waals surface area contributed by atoms with Gasteiger partial charge in [-0.15, -0.1) is 0 Å². The lowest BCUT2D eigenvalue weighted by Gasteiger charge is -2.07. The van der Waals surface area contributed by atoms with Crippen molar-refractivity contribution in [2.24, 2.45) is 0 Å². The van der Waals surface area contributed by atoms with Crippen molar-refractivity contribution in [1.82, 2.24) is 9.38 Å². The summed E-state index contributed by atoms with van der Waals surface area (Å²) in [6, 6.07) is 3.93. The number of aromatic nitrogens is 2. The van der Waals surface area contributed by atoms with Gasteiger partial charge in [-0.1, -0.05) is 0 Å². The van der Waals surface area contributed by atoms with Crippen LogP contribution in [0.15, 0.2) is 24.5 Å². The topological polar surface area (TPSA) is 41.1 Å². The molecule has 0 saturated heterocycles. The number of hydrogen-bond acceptors (Lipinski definition) is 2. The number of hydrogen-bond donors (Lipinski definition) is 0. The maximum atomic E-state index is 12.5. The third-order valence-electron chi connectivity index (χ3n) is 1.96. The van der Waals surface area contributed by atoms with Crippen molar-refractivity contribution in [2.75, 3.05) is 0 Å². The van der Waals surface area contributed by atoms with Crippen molar-refractivity contribution in [1.29, 1.82) is 5.26 Å². The van der Waals surface area contributed by atoms with Gasteiger partial charge in [0.2, 0.25) is 0 Å². The van der Waals surface area contributed by atoms with Crippen LogP contribution < -0.4 is 0 Å². The van der Waals surface area contributed by atoms with E-state index in [1.807, 2.05) is 0 Å². The molecule has 0 aromatic carbocycles. The van der Waals surface area contributed by atoms with E-state index in [0.717, 1.165) is 16.7 Å². The molecular weight excluding hydrogens is 207 g/mol. The van der Waals surface area contributed by atoms with Gasteiger partial charge in [-0.2, -0.15) is 18.4 Å². The van der Waals surface area contributed by atoms with E-state index in [9.17, 15) is 13.2 Å². The molecule has 0 spiro atoms. The van der Waals surface area contributed by atoms with E-state index in [0.29, 0.717) is 0 Å². The normalized spacial score (nSPS) is 11.6. The molecule has 76 valence electrons. The number of rotatable bonds is 0. The van der Waals surface area contributed by atoms with Crippen LogP contribution in [0.4, 0.5) is 13.2 Å². The third-order valence-corrected chi connectivity index (χ3v) is 1.96. The van der Waals surface area contributed by atoms with Crippen LogP contribution in [0.3, 0.4) is 0 Å². The van der Waals surface area contributed by atoms with Crippen LogP contribution in [0.1, 0.15) is 11.3 Å². The van der Waals surface area contributed by atoms with Crippen molar-refractivity contribution >= 4 is 5.65 Å². The SMILES string of the molecule is N#Cc1cnc2c(C(F)(F)F)cccn12. The highest BCUT2D eigenvalue weighted by molar-refractivity contribution is 5.52. The van der Waals surface area contributed by atoms with E-state index in [-0.39, 0.29) is 11.3 Å². The Balaban J connectivity index is 2.80. The number of nitrogens with zero attached hydrogens (tertiary/aromatic N) is 3. The van der Waals surface area contributed by atoms with Gasteiger partial charge in [-0.25, -0.2) is 4.98 Å². The lowest BCUT2D eigenvalue weighted by molar-refractivity contribution is -0.136. The molecule has 0 saturated carbocycles. The van der Waals surface area contributed by atoms with E-state index in [2.05, 4.69) is 4.98 Å². The highest BCUT2D eigenvalue weighted by atomic mass is 19.4. The fraction of sp³-hybridized carbons (Fsp3) is 0.111. The molecule has 0 bridgehead atoms. The number of pyridine rings is 1. The van der Waals surface area contributed by atoms with E-state index in [4.69, 9.17) is 5.26 Å². The van der Waals surface area contributed by atoms with Crippen molar-refractivity contribution in [3.05, 3.63) is 35.8 Å². The fourth-order valence-corrected chi connectivity index (χ4v) is 1.31. The first kappa shape index (κ1) is 9.52. The molecular formula is C9H4F3N3. The zero-order valence-corrected chi connectivity index (χ0v) is 7.28. The van der Waals surface area contributed by atoms with Crippen LogP contribution >= 0.6 is 0 Å². The summed E-state index contributed by atoms with van der Waals surface area (Å²) in [7, 11) is 0. The molecule has 0 aliphatic rings. The first-order valence-corrected chi connectivity index (χ1v) is 3.97. The van der Waals surface area contributed by atoms with Crippen LogP contribution in [0.25, 0.3) is 5.65 Å². The van der Waals surface area contributed by atoms with Crippen LogP contribution in [0.2, 0.25) is 0 Å². The lowest BCUT2D eigenvalue weighted by Crippen LogP contribution is -2.07. The summed E-state index contributed by atoms with van der Waals surface area (Å²) in [5, 5.41) is 8.63. The Morgan fingerprint density at radius 3 is 2.73 bits per heavy atom. The first-order valence-electron chi connectivity index (χ1n) is 3.97. The molecule has 0 atom stereocenters. The zero-order chi connectivity index (χ0) is 11.1. The number of nitriles is 1. The summed E-state index contributed by atoms with van der Waals surface area (Å²) in [6.07, 6.45) is -1.97. The summed E-state index contributed by atoms with van der Waals surface area (Å²) in [4.78, 5) is 3.58. The maximum absolute atomic E-state index is 12.5. The van der Waals surface area contributed by atoms with Gasteiger partial charge in [0.25, 0.3) is 0 Å². The predicted octanol–water partition coefficient (Wildman–Crippen LogP) is 2.22. The molecule has 6 heteroatoms. The quantitative estimate of drug-likeness (QED) is 0.670. The van der Waals surface area contributed by atoms with Gasteiger partial charge >= 0.3 is 6.18 Å². The van der Waals surface area contributed by atoms with Crippen LogP contribution in [-0.4, -0.2) is 9.38 Å². The number of imidazole rings is 1. The number of halogens is 3. The Kier molecular flexibility index (Phi) is 1.89. The first-order chi connectivity index (χ1) is 7.04. The van der Waals surface area contributed by atoms with Gasteiger partial charge in [-0.3, -0.25) is 4.40 Å². The van der Waals surface area contributed by atoms with Gasteiger partial charge in [0, 0.05) is 6.20 Å². The molecule has 0 fully saturated rings. The monoisotopic (exact) mass is 211 g/mol. The van der Waals surface area contributed by atoms with E-state index >= 15 is 0 Å². The highest BCUT2D eigenvalue weighted by Gasteiger charge is 2.33. The van der Waals surface area contributed by atoms with E-state index in [1.54, 1.807) is 6.07 Å².